The minimum atomic E-state index is -0.386. The van der Waals surface area contributed by atoms with Crippen LogP contribution in [0.5, 0.6) is 0 Å². The van der Waals surface area contributed by atoms with Crippen molar-refractivity contribution in [1.82, 2.24) is 4.57 Å². The maximum absolute atomic E-state index is 11.9. The molecular formula is C15H20N2O2S. The molecule has 0 aliphatic heterocycles. The van der Waals surface area contributed by atoms with Crippen molar-refractivity contribution in [3.05, 3.63) is 34.5 Å². The lowest BCUT2D eigenvalue weighted by molar-refractivity contribution is 0.1000. The second-order valence-electron chi connectivity index (χ2n) is 4.71. The molecule has 4 nitrogen and oxygen atoms in total. The van der Waals surface area contributed by atoms with Crippen molar-refractivity contribution in [2.24, 2.45) is 5.73 Å². The van der Waals surface area contributed by atoms with Crippen LogP contribution in [0, 0.1) is 6.92 Å². The minimum Gasteiger partial charge on any atom is -0.396 e. The average molecular weight is 292 g/mol. The van der Waals surface area contributed by atoms with Crippen LogP contribution >= 0.6 is 11.3 Å². The van der Waals surface area contributed by atoms with Crippen molar-refractivity contribution in [2.75, 3.05) is 6.61 Å². The van der Waals surface area contributed by atoms with Gasteiger partial charge in [-0.25, -0.2) is 0 Å². The van der Waals surface area contributed by atoms with E-state index in [9.17, 15) is 4.79 Å². The summed E-state index contributed by atoms with van der Waals surface area (Å²) in [4.78, 5) is 12.9. The maximum Gasteiger partial charge on any atom is 0.251 e. The molecule has 2 aromatic heterocycles. The first-order valence-electron chi connectivity index (χ1n) is 6.78. The Morgan fingerprint density at radius 2 is 2.25 bits per heavy atom. The van der Waals surface area contributed by atoms with Crippen molar-refractivity contribution in [3.63, 3.8) is 0 Å². The third-order valence-electron chi connectivity index (χ3n) is 3.52. The summed E-state index contributed by atoms with van der Waals surface area (Å²) in [7, 11) is 0. The summed E-state index contributed by atoms with van der Waals surface area (Å²) in [6, 6.07) is 3.99. The minimum absolute atomic E-state index is 0.140. The molecule has 0 aliphatic carbocycles. The number of aliphatic hydroxyl groups is 1. The molecule has 3 N–H and O–H groups in total. The summed E-state index contributed by atoms with van der Waals surface area (Å²) in [5.74, 6) is -0.386. The highest BCUT2D eigenvalue weighted by Gasteiger charge is 2.24. The van der Waals surface area contributed by atoms with Crippen LogP contribution in [0.25, 0.3) is 10.4 Å². The Kier molecular flexibility index (Phi) is 4.62. The highest BCUT2D eigenvalue weighted by atomic mass is 32.1. The van der Waals surface area contributed by atoms with Crippen molar-refractivity contribution in [1.29, 1.82) is 0 Å². The average Bonchev–Trinajstić information content (AvgIpc) is 3.01. The lowest BCUT2D eigenvalue weighted by Crippen LogP contribution is -2.13. The molecule has 20 heavy (non-hydrogen) atoms. The summed E-state index contributed by atoms with van der Waals surface area (Å²) in [6.45, 7) is 4.85. The molecule has 108 valence electrons. The largest absolute Gasteiger partial charge is 0.396 e. The summed E-state index contributed by atoms with van der Waals surface area (Å²) >= 11 is 1.61. The molecule has 5 heteroatoms. The molecule has 2 aromatic rings. The predicted octanol–water partition coefficient (Wildman–Crippen LogP) is 2.57. The number of hydrogen-bond donors (Lipinski definition) is 2. The fourth-order valence-electron chi connectivity index (χ4n) is 2.68. The molecule has 0 aliphatic rings. The summed E-state index contributed by atoms with van der Waals surface area (Å²) < 4.78 is 2.12. The van der Waals surface area contributed by atoms with Gasteiger partial charge in [0.1, 0.15) is 0 Å². The van der Waals surface area contributed by atoms with Crippen LogP contribution in [-0.4, -0.2) is 22.2 Å². The van der Waals surface area contributed by atoms with Gasteiger partial charge < -0.3 is 15.4 Å². The maximum atomic E-state index is 11.9. The SMILES string of the molecule is CCc1c(-c2cccs2)c(C(N)=O)c(C)n1CCCO. The second kappa shape index (κ2) is 6.24. The Morgan fingerprint density at radius 3 is 2.75 bits per heavy atom. The fraction of sp³-hybridized carbons (Fsp3) is 0.400. The van der Waals surface area contributed by atoms with Crippen molar-refractivity contribution >= 4 is 17.2 Å². The molecule has 0 unspecified atom stereocenters. The summed E-state index contributed by atoms with van der Waals surface area (Å²) in [5, 5.41) is 11.0. The molecular weight excluding hydrogens is 272 g/mol. The van der Waals surface area contributed by atoms with E-state index in [2.05, 4.69) is 11.5 Å². The summed E-state index contributed by atoms with van der Waals surface area (Å²) in [5.41, 5.74) is 9.18. The van der Waals surface area contributed by atoms with Gasteiger partial charge in [0.2, 0.25) is 0 Å². The number of aromatic nitrogens is 1. The van der Waals surface area contributed by atoms with E-state index in [1.54, 1.807) is 11.3 Å². The number of hydrogen-bond acceptors (Lipinski definition) is 3. The van der Waals surface area contributed by atoms with Crippen LogP contribution in [0.2, 0.25) is 0 Å². The molecule has 2 heterocycles. The topological polar surface area (TPSA) is 68.2 Å². The molecule has 0 spiro atoms. The van der Waals surface area contributed by atoms with E-state index in [-0.39, 0.29) is 12.5 Å². The van der Waals surface area contributed by atoms with Gasteiger partial charge in [-0.05, 0) is 31.2 Å². The van der Waals surface area contributed by atoms with E-state index in [4.69, 9.17) is 10.8 Å². The zero-order valence-corrected chi connectivity index (χ0v) is 12.7. The van der Waals surface area contributed by atoms with Gasteiger partial charge in [-0.1, -0.05) is 13.0 Å². The highest BCUT2D eigenvalue weighted by Crippen LogP contribution is 2.35. The number of rotatable bonds is 6. The third-order valence-corrected chi connectivity index (χ3v) is 4.41. The number of aliphatic hydroxyl groups excluding tert-OH is 1. The van der Waals surface area contributed by atoms with Gasteiger partial charge in [-0.2, -0.15) is 0 Å². The van der Waals surface area contributed by atoms with Gasteiger partial charge in [0.05, 0.1) is 5.56 Å². The van der Waals surface area contributed by atoms with Crippen LogP contribution in [-0.2, 0) is 13.0 Å². The normalized spacial score (nSPS) is 10.9. The van der Waals surface area contributed by atoms with Crippen molar-refractivity contribution < 1.29 is 9.90 Å². The smallest absolute Gasteiger partial charge is 0.251 e. The van der Waals surface area contributed by atoms with E-state index in [0.29, 0.717) is 18.5 Å². The lowest BCUT2D eigenvalue weighted by atomic mass is 10.1. The number of primary amides is 1. The monoisotopic (exact) mass is 292 g/mol. The van der Waals surface area contributed by atoms with Crippen molar-refractivity contribution in [3.8, 4) is 10.4 Å². The number of nitrogens with two attached hydrogens (primary N) is 1. The van der Waals surface area contributed by atoms with E-state index in [0.717, 1.165) is 28.2 Å². The molecule has 0 fully saturated rings. The van der Waals surface area contributed by atoms with Gasteiger partial charge in [-0.15, -0.1) is 11.3 Å². The Labute approximate surface area is 122 Å². The lowest BCUT2D eigenvalue weighted by Gasteiger charge is -2.10. The van der Waals surface area contributed by atoms with Crippen LogP contribution in [0.3, 0.4) is 0 Å². The molecule has 0 bridgehead atoms. The number of nitrogens with zero attached hydrogens (tertiary/aromatic N) is 1. The third kappa shape index (κ3) is 2.51. The van der Waals surface area contributed by atoms with Gasteiger partial charge in [0, 0.05) is 35.0 Å². The molecule has 0 saturated heterocycles. The van der Waals surface area contributed by atoms with Crippen LogP contribution in [0.15, 0.2) is 17.5 Å². The van der Waals surface area contributed by atoms with Gasteiger partial charge >= 0.3 is 0 Å². The van der Waals surface area contributed by atoms with Gasteiger partial charge in [0.15, 0.2) is 0 Å². The quantitative estimate of drug-likeness (QED) is 0.859. The van der Waals surface area contributed by atoms with Crippen molar-refractivity contribution in [2.45, 2.75) is 33.2 Å². The molecule has 0 atom stereocenters. The molecule has 2 rings (SSSR count). The summed E-state index contributed by atoms with van der Waals surface area (Å²) in [6.07, 6.45) is 1.50. The Balaban J connectivity index is 2.66. The molecule has 0 aromatic carbocycles. The first-order chi connectivity index (χ1) is 9.61. The first kappa shape index (κ1) is 14.8. The molecule has 1 amide bonds. The van der Waals surface area contributed by atoms with E-state index < -0.39 is 0 Å². The van der Waals surface area contributed by atoms with E-state index >= 15 is 0 Å². The Morgan fingerprint density at radius 1 is 1.50 bits per heavy atom. The fourth-order valence-corrected chi connectivity index (χ4v) is 3.48. The van der Waals surface area contributed by atoms with Crippen LogP contribution in [0.1, 0.15) is 35.1 Å². The van der Waals surface area contributed by atoms with Gasteiger partial charge in [0.25, 0.3) is 5.91 Å². The zero-order chi connectivity index (χ0) is 14.7. The number of amides is 1. The first-order valence-corrected chi connectivity index (χ1v) is 7.66. The molecule has 0 radical (unpaired) electrons. The number of thiophene rings is 1. The second-order valence-corrected chi connectivity index (χ2v) is 5.65. The highest BCUT2D eigenvalue weighted by molar-refractivity contribution is 7.13. The Bertz CT molecular complexity index is 600. The van der Waals surface area contributed by atoms with Gasteiger partial charge in [-0.3, -0.25) is 4.79 Å². The van der Waals surface area contributed by atoms with E-state index in [1.807, 2.05) is 24.4 Å². The number of carbonyl (C=O) groups excluding carboxylic acids is 1. The zero-order valence-electron chi connectivity index (χ0n) is 11.8. The Hall–Kier alpha value is -1.59. The number of carbonyl (C=O) groups is 1. The van der Waals surface area contributed by atoms with Crippen LogP contribution < -0.4 is 5.73 Å². The predicted molar refractivity (Wildman–Crippen MR) is 82.1 cm³/mol. The van der Waals surface area contributed by atoms with Crippen LogP contribution in [0.4, 0.5) is 0 Å². The molecule has 0 saturated carbocycles. The standard InChI is InChI=1S/C15H20N2O2S/c1-3-11-14(12-6-4-9-20-12)13(15(16)19)10(2)17(11)7-5-8-18/h4,6,9,18H,3,5,7-8H2,1-2H3,(H2,16,19). The van der Waals surface area contributed by atoms with E-state index in [1.165, 1.54) is 0 Å².